The lowest BCUT2D eigenvalue weighted by Gasteiger charge is -2.23. The molecule has 168 valence electrons. The molecule has 5 N–H and O–H groups in total. The Labute approximate surface area is 191 Å². The Hall–Kier alpha value is -3.98. The molecule has 33 heavy (non-hydrogen) atoms. The standard InChI is InChI=1S/C24H26N8O/c1-33-19-12-16(13-28-22(19)25)20-21(32-23(31-20)15-6-3-2-4-7-15)18-9-11-27-24(30-18)29-17-8-5-10-26-14-17/h2-4,6-7,9,11-13,17,26H,5,8,10,14H2,1H3,(H2,25,28)(H,31,32)(H,27,29,30)/t17-/m1/s1. The third-order valence-electron chi connectivity index (χ3n) is 5.67. The number of aromatic nitrogens is 5. The SMILES string of the molecule is COc1cc(-c2nc(-c3ccccc3)[nH]c2-c2ccnc(N[C@@H]3CCCNC3)n2)cnc1N. The molecular weight excluding hydrogens is 416 g/mol. The van der Waals surface area contributed by atoms with Gasteiger partial charge in [0.05, 0.1) is 18.5 Å². The number of rotatable bonds is 6. The summed E-state index contributed by atoms with van der Waals surface area (Å²) in [6, 6.07) is 14.0. The molecule has 0 amide bonds. The van der Waals surface area contributed by atoms with Gasteiger partial charge in [0.2, 0.25) is 5.95 Å². The van der Waals surface area contributed by atoms with Crippen LogP contribution in [0, 0.1) is 0 Å². The molecule has 9 heteroatoms. The van der Waals surface area contributed by atoms with Crippen LogP contribution in [-0.4, -0.2) is 51.2 Å². The molecule has 0 aliphatic carbocycles. The van der Waals surface area contributed by atoms with E-state index < -0.39 is 0 Å². The molecule has 0 unspecified atom stereocenters. The predicted molar refractivity (Wildman–Crippen MR) is 129 cm³/mol. The zero-order valence-corrected chi connectivity index (χ0v) is 18.4. The largest absolute Gasteiger partial charge is 0.493 e. The maximum Gasteiger partial charge on any atom is 0.223 e. The Morgan fingerprint density at radius 2 is 1.97 bits per heavy atom. The van der Waals surface area contributed by atoms with Crippen LogP contribution in [0.1, 0.15) is 12.8 Å². The van der Waals surface area contributed by atoms with Crippen molar-refractivity contribution >= 4 is 11.8 Å². The number of ether oxygens (including phenoxy) is 1. The average molecular weight is 443 g/mol. The van der Waals surface area contributed by atoms with E-state index in [2.05, 4.69) is 25.6 Å². The number of nitrogens with zero attached hydrogens (tertiary/aromatic N) is 4. The summed E-state index contributed by atoms with van der Waals surface area (Å²) in [6.07, 6.45) is 5.68. The predicted octanol–water partition coefficient (Wildman–Crippen LogP) is 3.35. The number of hydrogen-bond donors (Lipinski definition) is 4. The molecule has 4 heterocycles. The summed E-state index contributed by atoms with van der Waals surface area (Å²) in [6.45, 7) is 1.95. The number of aromatic amines is 1. The summed E-state index contributed by atoms with van der Waals surface area (Å²) < 4.78 is 5.38. The summed E-state index contributed by atoms with van der Waals surface area (Å²) in [5.41, 5.74) is 9.90. The monoisotopic (exact) mass is 442 g/mol. The highest BCUT2D eigenvalue weighted by molar-refractivity contribution is 5.80. The fourth-order valence-electron chi connectivity index (χ4n) is 3.97. The normalized spacial score (nSPS) is 15.8. The molecule has 0 radical (unpaired) electrons. The zero-order chi connectivity index (χ0) is 22.6. The van der Waals surface area contributed by atoms with Gasteiger partial charge in [-0.15, -0.1) is 0 Å². The number of hydrogen-bond acceptors (Lipinski definition) is 8. The molecule has 1 fully saturated rings. The van der Waals surface area contributed by atoms with Gasteiger partial charge in [-0.3, -0.25) is 0 Å². The van der Waals surface area contributed by atoms with Crippen molar-refractivity contribution in [2.75, 3.05) is 31.2 Å². The molecule has 0 bridgehead atoms. The molecule has 9 nitrogen and oxygen atoms in total. The second-order valence-corrected chi connectivity index (χ2v) is 7.94. The molecule has 1 aromatic carbocycles. The molecule has 1 aliphatic rings. The van der Waals surface area contributed by atoms with Gasteiger partial charge in [-0.2, -0.15) is 0 Å². The molecule has 1 aliphatic heterocycles. The minimum Gasteiger partial charge on any atom is -0.493 e. The van der Waals surface area contributed by atoms with Gasteiger partial charge in [0.15, 0.2) is 11.6 Å². The molecular formula is C24H26N8O. The van der Waals surface area contributed by atoms with Crippen molar-refractivity contribution in [1.29, 1.82) is 0 Å². The third kappa shape index (κ3) is 4.49. The number of nitrogens with one attached hydrogen (secondary N) is 3. The lowest BCUT2D eigenvalue weighted by molar-refractivity contribution is 0.415. The van der Waals surface area contributed by atoms with E-state index in [-0.39, 0.29) is 0 Å². The van der Waals surface area contributed by atoms with Crippen LogP contribution in [-0.2, 0) is 0 Å². The first-order chi connectivity index (χ1) is 16.2. The van der Waals surface area contributed by atoms with Crippen LogP contribution < -0.4 is 21.1 Å². The van der Waals surface area contributed by atoms with E-state index in [1.165, 1.54) is 0 Å². The van der Waals surface area contributed by atoms with Crippen molar-refractivity contribution in [2.45, 2.75) is 18.9 Å². The minimum atomic E-state index is 0.306. The van der Waals surface area contributed by atoms with Gasteiger partial charge in [-0.05, 0) is 31.5 Å². The van der Waals surface area contributed by atoms with Gasteiger partial charge in [-0.25, -0.2) is 19.9 Å². The molecule has 1 saturated heterocycles. The van der Waals surface area contributed by atoms with Crippen LogP contribution >= 0.6 is 0 Å². The topological polar surface area (TPSA) is 127 Å². The number of piperidine rings is 1. The number of pyridine rings is 1. The van der Waals surface area contributed by atoms with Crippen LogP contribution in [0.3, 0.4) is 0 Å². The first-order valence-corrected chi connectivity index (χ1v) is 11.0. The summed E-state index contributed by atoms with van der Waals surface area (Å²) in [5.74, 6) is 2.16. The lowest BCUT2D eigenvalue weighted by Crippen LogP contribution is -2.38. The zero-order valence-electron chi connectivity index (χ0n) is 18.4. The highest BCUT2D eigenvalue weighted by atomic mass is 16.5. The van der Waals surface area contributed by atoms with Crippen molar-refractivity contribution in [1.82, 2.24) is 30.2 Å². The molecule has 0 spiro atoms. The van der Waals surface area contributed by atoms with Crippen LogP contribution in [0.5, 0.6) is 5.75 Å². The van der Waals surface area contributed by atoms with E-state index in [0.29, 0.717) is 29.3 Å². The van der Waals surface area contributed by atoms with E-state index >= 15 is 0 Å². The number of H-pyrrole nitrogens is 1. The second-order valence-electron chi connectivity index (χ2n) is 7.94. The van der Waals surface area contributed by atoms with E-state index in [1.807, 2.05) is 42.5 Å². The second kappa shape index (κ2) is 9.25. The van der Waals surface area contributed by atoms with Crippen LogP contribution in [0.15, 0.2) is 54.9 Å². The van der Waals surface area contributed by atoms with Crippen molar-refractivity contribution in [3.63, 3.8) is 0 Å². The Bertz CT molecular complexity index is 1230. The van der Waals surface area contributed by atoms with Crippen LogP contribution in [0.4, 0.5) is 11.8 Å². The Morgan fingerprint density at radius 1 is 1.09 bits per heavy atom. The maximum atomic E-state index is 5.93. The molecule has 0 saturated carbocycles. The maximum absolute atomic E-state index is 5.93. The van der Waals surface area contributed by atoms with Gasteiger partial charge in [-0.1, -0.05) is 30.3 Å². The van der Waals surface area contributed by atoms with Crippen molar-refractivity contribution < 1.29 is 4.74 Å². The summed E-state index contributed by atoms with van der Waals surface area (Å²) in [4.78, 5) is 21.9. The fraction of sp³-hybridized carbons (Fsp3) is 0.250. The summed E-state index contributed by atoms with van der Waals surface area (Å²) >= 11 is 0. The van der Waals surface area contributed by atoms with Crippen molar-refractivity contribution in [3.05, 3.63) is 54.9 Å². The van der Waals surface area contributed by atoms with Gasteiger partial charge in [0.1, 0.15) is 11.5 Å². The highest BCUT2D eigenvalue weighted by Crippen LogP contribution is 2.34. The molecule has 4 aromatic rings. The average Bonchev–Trinajstić information content (AvgIpc) is 3.31. The van der Waals surface area contributed by atoms with E-state index in [1.54, 1.807) is 19.5 Å². The van der Waals surface area contributed by atoms with Crippen molar-refractivity contribution in [3.8, 4) is 39.8 Å². The van der Waals surface area contributed by atoms with Crippen molar-refractivity contribution in [2.24, 2.45) is 0 Å². The number of benzene rings is 1. The number of nitrogens with two attached hydrogens (primary N) is 1. The quantitative estimate of drug-likeness (QED) is 0.358. The van der Waals surface area contributed by atoms with E-state index in [4.69, 9.17) is 20.4 Å². The molecule has 3 aromatic heterocycles. The van der Waals surface area contributed by atoms with Crippen LogP contribution in [0.2, 0.25) is 0 Å². The number of anilines is 2. The summed E-state index contributed by atoms with van der Waals surface area (Å²) in [5, 5.41) is 6.85. The Balaban J connectivity index is 1.57. The van der Waals surface area contributed by atoms with E-state index in [0.717, 1.165) is 54.3 Å². The van der Waals surface area contributed by atoms with Gasteiger partial charge >= 0.3 is 0 Å². The number of methoxy groups -OCH3 is 1. The fourth-order valence-corrected chi connectivity index (χ4v) is 3.97. The third-order valence-corrected chi connectivity index (χ3v) is 5.67. The first-order valence-electron chi connectivity index (χ1n) is 11.0. The Kier molecular flexibility index (Phi) is 5.86. The summed E-state index contributed by atoms with van der Waals surface area (Å²) in [7, 11) is 1.57. The Morgan fingerprint density at radius 3 is 2.76 bits per heavy atom. The molecule has 1 atom stereocenters. The minimum absolute atomic E-state index is 0.306. The van der Waals surface area contributed by atoms with Gasteiger partial charge in [0, 0.05) is 36.1 Å². The smallest absolute Gasteiger partial charge is 0.223 e. The molecule has 5 rings (SSSR count). The first kappa shape index (κ1) is 20.9. The lowest BCUT2D eigenvalue weighted by atomic mass is 10.1. The van der Waals surface area contributed by atoms with Gasteiger partial charge in [0.25, 0.3) is 0 Å². The highest BCUT2D eigenvalue weighted by Gasteiger charge is 2.19. The van der Waals surface area contributed by atoms with E-state index in [9.17, 15) is 0 Å². The van der Waals surface area contributed by atoms with Crippen LogP contribution in [0.25, 0.3) is 34.0 Å². The number of imidazole rings is 1. The number of nitrogen functional groups attached to an aromatic ring is 1. The van der Waals surface area contributed by atoms with Gasteiger partial charge < -0.3 is 26.1 Å².